The van der Waals surface area contributed by atoms with Crippen LogP contribution in [-0.2, 0) is 0 Å². The van der Waals surface area contributed by atoms with Crippen molar-refractivity contribution in [2.24, 2.45) is 0 Å². The van der Waals surface area contributed by atoms with Crippen LogP contribution >= 0.6 is 0 Å². The number of hydrogen-bond acceptors (Lipinski definition) is 7. The van der Waals surface area contributed by atoms with Gasteiger partial charge < -0.3 is 36.3 Å². The lowest BCUT2D eigenvalue weighted by Gasteiger charge is -2.19. The molecule has 3 aromatic rings. The van der Waals surface area contributed by atoms with E-state index in [9.17, 15) is 9.59 Å². The highest BCUT2D eigenvalue weighted by atomic mass is 16.5. The molecule has 0 aliphatic rings. The van der Waals surface area contributed by atoms with Crippen molar-refractivity contribution in [2.75, 3.05) is 41.9 Å². The van der Waals surface area contributed by atoms with Gasteiger partial charge in [-0.2, -0.15) is 0 Å². The molecule has 0 aliphatic carbocycles. The standard InChI is InChI=1S/C56H90N4O5/c1-4-7-10-13-16-19-22-25-28-31-38-63-52-43-47(56(62)60-51-36-34-50(35-37-51)59-55(61)46-41-48(57)45-49(58)42-46)44-53(64-39-32-29-26-23-20-17-14-11-8-5-2)54(52)65-40-33-30-27-24-21-18-15-12-9-6-3/h34-37,41-45H,4-33,38-40,57-58H2,1-3H3,(H,59,61)(H,60,62). The van der Waals surface area contributed by atoms with Gasteiger partial charge in [-0.15, -0.1) is 0 Å². The number of nitrogens with one attached hydrogen (secondary N) is 2. The zero-order valence-electron chi connectivity index (χ0n) is 41.2. The first-order valence-corrected chi connectivity index (χ1v) is 26.3. The maximum Gasteiger partial charge on any atom is 0.255 e. The summed E-state index contributed by atoms with van der Waals surface area (Å²) >= 11 is 0. The van der Waals surface area contributed by atoms with Crippen molar-refractivity contribution in [1.82, 2.24) is 0 Å². The molecule has 3 aromatic carbocycles. The van der Waals surface area contributed by atoms with Gasteiger partial charge in [0.25, 0.3) is 11.8 Å². The zero-order chi connectivity index (χ0) is 46.6. The van der Waals surface area contributed by atoms with Gasteiger partial charge in [-0.1, -0.05) is 194 Å². The Kier molecular flexibility index (Phi) is 30.3. The molecule has 65 heavy (non-hydrogen) atoms. The van der Waals surface area contributed by atoms with Crippen molar-refractivity contribution in [3.8, 4) is 17.2 Å². The third-order valence-corrected chi connectivity index (χ3v) is 12.2. The fourth-order valence-corrected chi connectivity index (χ4v) is 8.22. The first kappa shape index (κ1) is 54.9. The van der Waals surface area contributed by atoms with Gasteiger partial charge in [0.15, 0.2) is 11.5 Å². The Morgan fingerprint density at radius 3 is 0.985 bits per heavy atom. The second kappa shape index (κ2) is 35.8. The van der Waals surface area contributed by atoms with E-state index in [2.05, 4.69) is 31.4 Å². The van der Waals surface area contributed by atoms with E-state index in [0.29, 0.717) is 70.9 Å². The molecule has 0 aromatic heterocycles. The molecule has 0 unspecified atom stereocenters. The number of amides is 2. The number of hydrogen-bond donors (Lipinski definition) is 4. The predicted octanol–water partition coefficient (Wildman–Crippen LogP) is 16.3. The number of unbranched alkanes of at least 4 members (excludes halogenated alkanes) is 27. The number of carbonyl (C=O) groups excluding carboxylic acids is 2. The summed E-state index contributed by atoms with van der Waals surface area (Å²) in [5.74, 6) is 1.09. The smallest absolute Gasteiger partial charge is 0.255 e. The van der Waals surface area contributed by atoms with Crippen LogP contribution < -0.4 is 36.3 Å². The Hall–Kier alpha value is -4.40. The second-order valence-electron chi connectivity index (χ2n) is 18.3. The van der Waals surface area contributed by atoms with E-state index in [-0.39, 0.29) is 11.8 Å². The quantitative estimate of drug-likeness (QED) is 0.0329. The van der Waals surface area contributed by atoms with Gasteiger partial charge in [0, 0.05) is 33.9 Å². The molecule has 0 aliphatic heterocycles. The second-order valence-corrected chi connectivity index (χ2v) is 18.3. The zero-order valence-corrected chi connectivity index (χ0v) is 41.2. The van der Waals surface area contributed by atoms with Crippen molar-refractivity contribution in [1.29, 1.82) is 0 Å². The summed E-state index contributed by atoms with van der Waals surface area (Å²) in [5.41, 5.74) is 14.6. The lowest BCUT2D eigenvalue weighted by molar-refractivity contribution is 0.101. The van der Waals surface area contributed by atoms with Crippen LogP contribution in [0.4, 0.5) is 22.7 Å². The largest absolute Gasteiger partial charge is 0.490 e. The average Bonchev–Trinajstić information content (AvgIpc) is 3.29. The van der Waals surface area contributed by atoms with Crippen LogP contribution in [0.1, 0.15) is 234 Å². The fraction of sp³-hybridized carbons (Fsp3) is 0.643. The molecule has 0 saturated heterocycles. The molecule has 0 heterocycles. The summed E-state index contributed by atoms with van der Waals surface area (Å²) in [6.45, 7) is 8.46. The third-order valence-electron chi connectivity index (χ3n) is 12.2. The number of nitrogen functional groups attached to an aromatic ring is 2. The van der Waals surface area contributed by atoms with Crippen LogP contribution in [0.15, 0.2) is 54.6 Å². The molecular weight excluding hydrogens is 809 g/mol. The minimum absolute atomic E-state index is 0.286. The fourth-order valence-electron chi connectivity index (χ4n) is 8.22. The lowest BCUT2D eigenvalue weighted by atomic mass is 10.1. The number of nitrogens with two attached hydrogens (primary N) is 2. The topological polar surface area (TPSA) is 138 Å². The Bertz CT molecular complexity index is 1630. The van der Waals surface area contributed by atoms with E-state index >= 15 is 0 Å². The monoisotopic (exact) mass is 899 g/mol. The van der Waals surface area contributed by atoms with Crippen LogP contribution in [-0.4, -0.2) is 31.6 Å². The maximum absolute atomic E-state index is 14.0. The highest BCUT2D eigenvalue weighted by Crippen LogP contribution is 2.40. The van der Waals surface area contributed by atoms with Gasteiger partial charge in [-0.3, -0.25) is 9.59 Å². The molecule has 0 spiro atoms. The predicted molar refractivity (Wildman–Crippen MR) is 276 cm³/mol. The molecule has 2 amide bonds. The van der Waals surface area contributed by atoms with Crippen molar-refractivity contribution >= 4 is 34.6 Å². The Morgan fingerprint density at radius 1 is 0.385 bits per heavy atom. The van der Waals surface area contributed by atoms with Crippen LogP contribution in [0.5, 0.6) is 17.2 Å². The Labute approximate surface area is 395 Å². The van der Waals surface area contributed by atoms with Crippen LogP contribution in [0, 0.1) is 0 Å². The molecule has 0 saturated carbocycles. The van der Waals surface area contributed by atoms with Crippen molar-refractivity contribution in [2.45, 2.75) is 213 Å². The van der Waals surface area contributed by atoms with Crippen LogP contribution in [0.3, 0.4) is 0 Å². The number of rotatable bonds is 40. The van der Waals surface area contributed by atoms with Gasteiger partial charge in [0.2, 0.25) is 5.75 Å². The van der Waals surface area contributed by atoms with E-state index in [1.807, 2.05) is 0 Å². The van der Waals surface area contributed by atoms with Gasteiger partial charge >= 0.3 is 0 Å². The van der Waals surface area contributed by atoms with E-state index < -0.39 is 0 Å². The van der Waals surface area contributed by atoms with Crippen molar-refractivity contribution in [3.05, 3.63) is 65.7 Å². The lowest BCUT2D eigenvalue weighted by Crippen LogP contribution is -2.14. The minimum Gasteiger partial charge on any atom is -0.490 e. The summed E-state index contributed by atoms with van der Waals surface area (Å²) in [6, 6.07) is 15.4. The first-order chi connectivity index (χ1) is 31.8. The molecular formula is C56H90N4O5. The molecule has 9 heteroatoms. The normalized spacial score (nSPS) is 11.1. The van der Waals surface area contributed by atoms with Gasteiger partial charge in [-0.05, 0) is 73.9 Å². The van der Waals surface area contributed by atoms with E-state index in [0.717, 1.165) is 38.5 Å². The highest BCUT2D eigenvalue weighted by Gasteiger charge is 2.20. The summed E-state index contributed by atoms with van der Waals surface area (Å²) in [6.07, 6.45) is 37.5. The number of anilines is 4. The Balaban J connectivity index is 1.70. The summed E-state index contributed by atoms with van der Waals surface area (Å²) in [4.78, 5) is 26.9. The molecule has 0 radical (unpaired) electrons. The molecule has 364 valence electrons. The number of benzene rings is 3. The van der Waals surface area contributed by atoms with E-state index in [1.54, 1.807) is 54.6 Å². The minimum atomic E-state index is -0.327. The van der Waals surface area contributed by atoms with Gasteiger partial charge in [0.1, 0.15) is 0 Å². The SMILES string of the molecule is CCCCCCCCCCCCOc1cc(C(=O)Nc2ccc(NC(=O)c3cc(N)cc(N)c3)cc2)cc(OCCCCCCCCCCCC)c1OCCCCCCCCCCCC. The maximum atomic E-state index is 14.0. The molecule has 0 fully saturated rings. The molecule has 9 nitrogen and oxygen atoms in total. The molecule has 6 N–H and O–H groups in total. The van der Waals surface area contributed by atoms with Gasteiger partial charge in [0.05, 0.1) is 19.8 Å². The van der Waals surface area contributed by atoms with E-state index in [4.69, 9.17) is 25.7 Å². The number of carbonyl (C=O) groups is 2. The third kappa shape index (κ3) is 25.2. The number of ether oxygens (including phenoxy) is 3. The van der Waals surface area contributed by atoms with Crippen molar-refractivity contribution in [3.63, 3.8) is 0 Å². The average molecular weight is 899 g/mol. The van der Waals surface area contributed by atoms with E-state index in [1.165, 1.54) is 154 Å². The van der Waals surface area contributed by atoms with Crippen LogP contribution in [0.2, 0.25) is 0 Å². The van der Waals surface area contributed by atoms with Crippen LogP contribution in [0.25, 0.3) is 0 Å². The summed E-state index contributed by atoms with van der Waals surface area (Å²) in [7, 11) is 0. The summed E-state index contributed by atoms with van der Waals surface area (Å²) < 4.78 is 19.6. The first-order valence-electron chi connectivity index (χ1n) is 26.3. The molecule has 0 atom stereocenters. The highest BCUT2D eigenvalue weighted by molar-refractivity contribution is 6.06. The van der Waals surface area contributed by atoms with Gasteiger partial charge in [-0.25, -0.2) is 0 Å². The molecule has 0 bridgehead atoms. The molecule has 3 rings (SSSR count). The summed E-state index contributed by atoms with van der Waals surface area (Å²) in [5, 5.41) is 5.91. The Morgan fingerprint density at radius 2 is 0.662 bits per heavy atom. The van der Waals surface area contributed by atoms with Crippen molar-refractivity contribution < 1.29 is 23.8 Å².